The molecule has 0 aliphatic rings. The van der Waals surface area contributed by atoms with Gasteiger partial charge in [0.1, 0.15) is 11.6 Å². The van der Waals surface area contributed by atoms with Gasteiger partial charge in [-0.25, -0.2) is 4.98 Å². The maximum absolute atomic E-state index is 11.7. The Morgan fingerprint density at radius 2 is 1.88 bits per heavy atom. The number of para-hydroxylation sites is 2. The van der Waals surface area contributed by atoms with Crippen LogP contribution in [-0.2, 0) is 17.8 Å². The van der Waals surface area contributed by atoms with Gasteiger partial charge in [0, 0.05) is 25.4 Å². The summed E-state index contributed by atoms with van der Waals surface area (Å²) in [6.45, 7) is 8.38. The predicted molar refractivity (Wildman–Crippen MR) is 131 cm³/mol. The van der Waals surface area contributed by atoms with Crippen LogP contribution in [0.2, 0.25) is 0 Å². The van der Waals surface area contributed by atoms with Crippen LogP contribution in [0.1, 0.15) is 57.3 Å². The molecule has 0 fully saturated rings. The average molecular weight is 436 g/mol. The Kier molecular flexibility index (Phi) is 9.14. The normalized spacial score (nSPS) is 11.2. The standard InChI is InChI=1S/C27H37N3O2/c1-21(2)27(31)28-17-8-4-5-16-26-29-24-14-6-7-15-25(24)30(26)18-9-10-19-32-23-13-11-12-22(3)20-23/h6-7,11-15,20-21H,4-5,8-10,16-19H2,1-3H3,(H,28,31). The van der Waals surface area contributed by atoms with Crippen LogP contribution < -0.4 is 10.1 Å². The molecule has 3 aromatic rings. The molecule has 172 valence electrons. The quantitative estimate of drug-likeness (QED) is 0.351. The molecule has 0 radical (unpaired) electrons. The van der Waals surface area contributed by atoms with Gasteiger partial charge in [0.25, 0.3) is 0 Å². The number of carbonyl (C=O) groups is 1. The molecular formula is C27H37N3O2. The number of carbonyl (C=O) groups excluding carboxylic acids is 1. The topological polar surface area (TPSA) is 56.1 Å². The molecule has 1 heterocycles. The summed E-state index contributed by atoms with van der Waals surface area (Å²) in [4.78, 5) is 16.6. The van der Waals surface area contributed by atoms with Gasteiger partial charge in [0.15, 0.2) is 0 Å². The van der Waals surface area contributed by atoms with Gasteiger partial charge >= 0.3 is 0 Å². The first-order valence-electron chi connectivity index (χ1n) is 12.0. The number of fused-ring (bicyclic) bond motifs is 1. The zero-order valence-electron chi connectivity index (χ0n) is 19.8. The van der Waals surface area contributed by atoms with Crippen molar-refractivity contribution >= 4 is 16.9 Å². The van der Waals surface area contributed by atoms with Crippen LogP contribution in [0.4, 0.5) is 0 Å². The number of rotatable bonds is 13. The van der Waals surface area contributed by atoms with Crippen LogP contribution in [-0.4, -0.2) is 28.6 Å². The lowest BCUT2D eigenvalue weighted by molar-refractivity contribution is -0.123. The minimum absolute atomic E-state index is 0.0529. The van der Waals surface area contributed by atoms with Gasteiger partial charge < -0.3 is 14.6 Å². The zero-order valence-corrected chi connectivity index (χ0v) is 19.8. The summed E-state index contributed by atoms with van der Waals surface area (Å²) in [6, 6.07) is 16.6. The van der Waals surface area contributed by atoms with Crippen LogP contribution in [0.3, 0.4) is 0 Å². The lowest BCUT2D eigenvalue weighted by atomic mass is 10.1. The maximum Gasteiger partial charge on any atom is 0.222 e. The van der Waals surface area contributed by atoms with Crippen LogP contribution in [0.25, 0.3) is 11.0 Å². The fourth-order valence-corrected chi connectivity index (χ4v) is 3.83. The highest BCUT2D eigenvalue weighted by Crippen LogP contribution is 2.19. The molecule has 5 nitrogen and oxygen atoms in total. The molecule has 1 N–H and O–H groups in total. The molecule has 0 unspecified atom stereocenters. The smallest absolute Gasteiger partial charge is 0.222 e. The van der Waals surface area contributed by atoms with Crippen molar-refractivity contribution in [3.05, 3.63) is 59.9 Å². The molecule has 0 aliphatic carbocycles. The van der Waals surface area contributed by atoms with Crippen molar-refractivity contribution < 1.29 is 9.53 Å². The number of ether oxygens (including phenoxy) is 1. The molecule has 32 heavy (non-hydrogen) atoms. The Balaban J connectivity index is 1.46. The largest absolute Gasteiger partial charge is 0.494 e. The first kappa shape index (κ1) is 23.8. The van der Waals surface area contributed by atoms with E-state index in [0.29, 0.717) is 0 Å². The molecule has 2 aromatic carbocycles. The molecule has 0 saturated carbocycles. The second-order valence-electron chi connectivity index (χ2n) is 8.80. The molecule has 3 rings (SSSR count). The zero-order chi connectivity index (χ0) is 22.8. The fraction of sp³-hybridized carbons (Fsp3) is 0.481. The van der Waals surface area contributed by atoms with Crippen LogP contribution >= 0.6 is 0 Å². The van der Waals surface area contributed by atoms with Crippen molar-refractivity contribution in [2.75, 3.05) is 13.2 Å². The van der Waals surface area contributed by atoms with E-state index in [9.17, 15) is 4.79 Å². The number of imidazole rings is 1. The van der Waals surface area contributed by atoms with Crippen molar-refractivity contribution in [1.82, 2.24) is 14.9 Å². The van der Waals surface area contributed by atoms with Crippen molar-refractivity contribution in [3.8, 4) is 5.75 Å². The van der Waals surface area contributed by atoms with Crippen molar-refractivity contribution in [3.63, 3.8) is 0 Å². The van der Waals surface area contributed by atoms with E-state index >= 15 is 0 Å². The van der Waals surface area contributed by atoms with E-state index in [-0.39, 0.29) is 11.8 Å². The van der Waals surface area contributed by atoms with Crippen molar-refractivity contribution in [1.29, 1.82) is 0 Å². The van der Waals surface area contributed by atoms with Gasteiger partial charge in [-0.15, -0.1) is 0 Å². The van der Waals surface area contributed by atoms with Crippen molar-refractivity contribution in [2.24, 2.45) is 5.92 Å². The molecule has 0 bridgehead atoms. The van der Waals surface area contributed by atoms with E-state index in [1.807, 2.05) is 26.0 Å². The molecule has 1 aromatic heterocycles. The van der Waals surface area contributed by atoms with Gasteiger partial charge in [-0.1, -0.05) is 44.5 Å². The van der Waals surface area contributed by atoms with Gasteiger partial charge in [-0.3, -0.25) is 4.79 Å². The summed E-state index contributed by atoms with van der Waals surface area (Å²) < 4.78 is 8.28. The van der Waals surface area contributed by atoms with Crippen LogP contribution in [0, 0.1) is 12.8 Å². The van der Waals surface area contributed by atoms with E-state index in [4.69, 9.17) is 9.72 Å². The number of amides is 1. The van der Waals surface area contributed by atoms with E-state index in [1.54, 1.807) is 0 Å². The summed E-state index contributed by atoms with van der Waals surface area (Å²) in [5.74, 6) is 2.30. The van der Waals surface area contributed by atoms with Gasteiger partial charge in [0.05, 0.1) is 17.6 Å². The third-order valence-corrected chi connectivity index (χ3v) is 5.67. The lowest BCUT2D eigenvalue weighted by Crippen LogP contribution is -2.28. The minimum Gasteiger partial charge on any atom is -0.494 e. The molecule has 1 amide bonds. The second-order valence-corrected chi connectivity index (χ2v) is 8.80. The number of nitrogens with zero attached hydrogens (tertiary/aromatic N) is 2. The number of nitrogens with one attached hydrogen (secondary N) is 1. The number of hydrogen-bond donors (Lipinski definition) is 1. The van der Waals surface area contributed by atoms with E-state index in [1.165, 1.54) is 11.1 Å². The Bertz CT molecular complexity index is 993. The average Bonchev–Trinajstić information content (AvgIpc) is 3.13. The SMILES string of the molecule is Cc1cccc(OCCCCn2c(CCCCCNC(=O)C(C)C)nc3ccccc32)c1. The molecule has 0 saturated heterocycles. The Morgan fingerprint density at radius 3 is 2.69 bits per heavy atom. The summed E-state index contributed by atoms with van der Waals surface area (Å²) in [5, 5.41) is 3.00. The van der Waals surface area contributed by atoms with E-state index in [0.717, 1.165) is 75.3 Å². The van der Waals surface area contributed by atoms with Crippen molar-refractivity contribution in [2.45, 2.75) is 65.8 Å². The summed E-state index contributed by atoms with van der Waals surface area (Å²) in [6.07, 6.45) is 6.21. The third kappa shape index (κ3) is 7.11. The maximum atomic E-state index is 11.7. The first-order chi connectivity index (χ1) is 15.5. The Labute approximate surface area is 192 Å². The Hall–Kier alpha value is -2.82. The molecule has 0 atom stereocenters. The molecule has 0 spiro atoms. The number of aromatic nitrogens is 2. The van der Waals surface area contributed by atoms with E-state index in [2.05, 4.69) is 53.2 Å². The lowest BCUT2D eigenvalue weighted by Gasteiger charge is -2.11. The molecule has 5 heteroatoms. The van der Waals surface area contributed by atoms with Crippen LogP contribution in [0.15, 0.2) is 48.5 Å². The monoisotopic (exact) mass is 435 g/mol. The highest BCUT2D eigenvalue weighted by atomic mass is 16.5. The summed E-state index contributed by atoms with van der Waals surface area (Å²) in [7, 11) is 0. The van der Waals surface area contributed by atoms with Gasteiger partial charge in [0.2, 0.25) is 5.91 Å². The van der Waals surface area contributed by atoms with E-state index < -0.39 is 0 Å². The highest BCUT2D eigenvalue weighted by molar-refractivity contribution is 5.77. The number of aryl methyl sites for hydroxylation is 3. The fourth-order valence-electron chi connectivity index (χ4n) is 3.83. The van der Waals surface area contributed by atoms with Gasteiger partial charge in [-0.2, -0.15) is 0 Å². The second kappa shape index (κ2) is 12.3. The van der Waals surface area contributed by atoms with Gasteiger partial charge in [-0.05, 0) is 62.4 Å². The highest BCUT2D eigenvalue weighted by Gasteiger charge is 2.10. The van der Waals surface area contributed by atoms with Crippen LogP contribution in [0.5, 0.6) is 5.75 Å². The number of unbranched alkanes of at least 4 members (excludes halogenated alkanes) is 3. The summed E-state index contributed by atoms with van der Waals surface area (Å²) >= 11 is 0. The Morgan fingerprint density at radius 1 is 1.03 bits per heavy atom. The minimum atomic E-state index is 0.0529. The third-order valence-electron chi connectivity index (χ3n) is 5.67. The number of benzene rings is 2. The summed E-state index contributed by atoms with van der Waals surface area (Å²) in [5.41, 5.74) is 3.51. The first-order valence-corrected chi connectivity index (χ1v) is 12.0. The predicted octanol–water partition coefficient (Wildman–Crippen LogP) is 5.69. The molecule has 0 aliphatic heterocycles. The number of hydrogen-bond acceptors (Lipinski definition) is 3. The molecular weight excluding hydrogens is 398 g/mol.